The first-order valence-corrected chi connectivity index (χ1v) is 10.7. The van der Waals surface area contributed by atoms with Gasteiger partial charge in [0.05, 0.1) is 0 Å². The summed E-state index contributed by atoms with van der Waals surface area (Å²) in [7, 11) is 0. The maximum atomic E-state index is 12.6. The molecule has 0 fully saturated rings. The number of hydrogen-bond donors (Lipinski definition) is 3. The standard InChI is InChI=1S/C23H27N5O2S/c1-4-16(3)25-22(30)19-10-6-8-17(12-19)13-24-20(29)14-28-21(26-27-23(28)31)18-9-5-7-15(2)11-18/h5-12,16H,4,13-14H2,1-3H3,(H,24,29)(H,25,30)(H,27,31). The van der Waals surface area contributed by atoms with Gasteiger partial charge in [0.1, 0.15) is 6.54 Å². The number of aryl methyl sites for hydroxylation is 1. The van der Waals surface area contributed by atoms with Crippen LogP contribution in [-0.4, -0.2) is 32.6 Å². The molecular formula is C23H27N5O2S. The molecule has 1 aromatic heterocycles. The van der Waals surface area contributed by atoms with Crippen LogP contribution in [-0.2, 0) is 17.9 Å². The fraction of sp³-hybridized carbons (Fsp3) is 0.304. The number of nitrogens with zero attached hydrogens (tertiary/aromatic N) is 2. The van der Waals surface area contributed by atoms with Crippen LogP contribution in [0.5, 0.6) is 0 Å². The summed E-state index contributed by atoms with van der Waals surface area (Å²) >= 11 is 5.31. The van der Waals surface area contributed by atoms with Gasteiger partial charge in [0.2, 0.25) is 5.91 Å². The van der Waals surface area contributed by atoms with Gasteiger partial charge >= 0.3 is 0 Å². The summed E-state index contributed by atoms with van der Waals surface area (Å²) in [6.07, 6.45) is 0.864. The second-order valence-corrected chi connectivity index (χ2v) is 7.95. The predicted molar refractivity (Wildman–Crippen MR) is 123 cm³/mol. The Kier molecular flexibility index (Phi) is 7.36. The largest absolute Gasteiger partial charge is 0.350 e. The highest BCUT2D eigenvalue weighted by molar-refractivity contribution is 7.71. The second kappa shape index (κ2) is 10.2. The third-order valence-electron chi connectivity index (χ3n) is 5.00. The van der Waals surface area contributed by atoms with Crippen LogP contribution in [0.25, 0.3) is 11.4 Å². The number of H-pyrrole nitrogens is 1. The topological polar surface area (TPSA) is 91.8 Å². The predicted octanol–water partition coefficient (Wildman–Crippen LogP) is 3.76. The molecule has 3 rings (SSSR count). The Bertz CT molecular complexity index is 1130. The Morgan fingerprint density at radius 1 is 1.19 bits per heavy atom. The molecule has 1 atom stereocenters. The monoisotopic (exact) mass is 437 g/mol. The molecule has 0 bridgehead atoms. The molecule has 31 heavy (non-hydrogen) atoms. The minimum absolute atomic E-state index is 0.0484. The molecule has 2 aromatic carbocycles. The van der Waals surface area contributed by atoms with Crippen molar-refractivity contribution in [1.29, 1.82) is 0 Å². The van der Waals surface area contributed by atoms with E-state index in [0.717, 1.165) is 23.1 Å². The molecule has 3 N–H and O–H groups in total. The van der Waals surface area contributed by atoms with E-state index in [4.69, 9.17) is 12.2 Å². The summed E-state index contributed by atoms with van der Waals surface area (Å²) in [5.74, 6) is 0.309. The summed E-state index contributed by atoms with van der Waals surface area (Å²) < 4.78 is 2.06. The number of hydrogen-bond acceptors (Lipinski definition) is 4. The lowest BCUT2D eigenvalue weighted by atomic mass is 10.1. The summed E-state index contributed by atoms with van der Waals surface area (Å²) in [5, 5.41) is 12.9. The van der Waals surface area contributed by atoms with Gasteiger partial charge in [0, 0.05) is 23.7 Å². The lowest BCUT2D eigenvalue weighted by molar-refractivity contribution is -0.121. The van der Waals surface area contributed by atoms with E-state index in [2.05, 4.69) is 20.8 Å². The van der Waals surface area contributed by atoms with Crippen molar-refractivity contribution in [2.24, 2.45) is 0 Å². The Labute approximate surface area is 186 Å². The van der Waals surface area contributed by atoms with Gasteiger partial charge in [-0.05, 0) is 56.2 Å². The van der Waals surface area contributed by atoms with E-state index in [1.54, 1.807) is 16.7 Å². The first kappa shape index (κ1) is 22.4. The van der Waals surface area contributed by atoms with Gasteiger partial charge in [-0.1, -0.05) is 42.8 Å². The maximum Gasteiger partial charge on any atom is 0.251 e. The molecule has 0 aliphatic rings. The number of nitrogens with one attached hydrogen (secondary N) is 3. The first-order chi connectivity index (χ1) is 14.9. The fourth-order valence-electron chi connectivity index (χ4n) is 3.10. The van der Waals surface area contributed by atoms with Crippen LogP contribution in [0.1, 0.15) is 41.8 Å². The number of aromatic amines is 1. The number of benzene rings is 2. The smallest absolute Gasteiger partial charge is 0.251 e. The van der Waals surface area contributed by atoms with Gasteiger partial charge in [0.15, 0.2) is 10.6 Å². The van der Waals surface area contributed by atoms with Crippen molar-refractivity contribution in [2.45, 2.75) is 46.3 Å². The van der Waals surface area contributed by atoms with Crippen LogP contribution in [0.4, 0.5) is 0 Å². The lowest BCUT2D eigenvalue weighted by Gasteiger charge is -2.12. The van der Waals surface area contributed by atoms with Crippen molar-refractivity contribution in [3.8, 4) is 11.4 Å². The van der Waals surface area contributed by atoms with Crippen LogP contribution in [0.15, 0.2) is 48.5 Å². The number of aromatic nitrogens is 3. The summed E-state index contributed by atoms with van der Waals surface area (Å²) in [6, 6.07) is 15.2. The van der Waals surface area contributed by atoms with E-state index in [-0.39, 0.29) is 24.4 Å². The SMILES string of the molecule is CCC(C)NC(=O)c1cccc(CNC(=O)Cn2c(-c3cccc(C)c3)n[nH]c2=S)c1. The van der Waals surface area contributed by atoms with Gasteiger partial charge in [-0.3, -0.25) is 19.3 Å². The molecule has 0 aliphatic heterocycles. The molecule has 0 saturated heterocycles. The highest BCUT2D eigenvalue weighted by Gasteiger charge is 2.13. The zero-order valence-corrected chi connectivity index (χ0v) is 18.8. The third kappa shape index (κ3) is 5.88. The number of carbonyl (C=O) groups is 2. The van der Waals surface area contributed by atoms with Crippen molar-refractivity contribution < 1.29 is 9.59 Å². The molecule has 7 nitrogen and oxygen atoms in total. The molecule has 1 heterocycles. The number of amides is 2. The van der Waals surface area contributed by atoms with Crippen LogP contribution in [0.2, 0.25) is 0 Å². The van der Waals surface area contributed by atoms with Crippen molar-refractivity contribution >= 4 is 24.0 Å². The van der Waals surface area contributed by atoms with Crippen molar-refractivity contribution in [1.82, 2.24) is 25.4 Å². The van der Waals surface area contributed by atoms with E-state index in [0.29, 0.717) is 22.7 Å². The molecule has 3 aromatic rings. The normalized spacial score (nSPS) is 11.7. The van der Waals surface area contributed by atoms with Crippen LogP contribution >= 0.6 is 12.2 Å². The van der Waals surface area contributed by atoms with Crippen molar-refractivity contribution in [3.63, 3.8) is 0 Å². The van der Waals surface area contributed by atoms with Crippen molar-refractivity contribution in [3.05, 3.63) is 70.0 Å². The van der Waals surface area contributed by atoms with Crippen LogP contribution < -0.4 is 10.6 Å². The lowest BCUT2D eigenvalue weighted by Crippen LogP contribution is -2.32. The Balaban J connectivity index is 1.65. The van der Waals surface area contributed by atoms with Gasteiger partial charge < -0.3 is 10.6 Å². The van der Waals surface area contributed by atoms with E-state index in [1.165, 1.54) is 0 Å². The average Bonchev–Trinajstić information content (AvgIpc) is 3.12. The first-order valence-electron chi connectivity index (χ1n) is 10.3. The van der Waals surface area contributed by atoms with Gasteiger partial charge in [-0.2, -0.15) is 5.10 Å². The molecule has 1 unspecified atom stereocenters. The van der Waals surface area contributed by atoms with Gasteiger partial charge in [-0.25, -0.2) is 0 Å². The zero-order valence-electron chi connectivity index (χ0n) is 17.9. The highest BCUT2D eigenvalue weighted by atomic mass is 32.1. The highest BCUT2D eigenvalue weighted by Crippen LogP contribution is 2.18. The number of carbonyl (C=O) groups excluding carboxylic acids is 2. The van der Waals surface area contributed by atoms with E-state index in [1.807, 2.05) is 57.2 Å². The number of rotatable bonds is 8. The summed E-state index contributed by atoms with van der Waals surface area (Å²) in [5.41, 5.74) is 3.41. The summed E-state index contributed by atoms with van der Waals surface area (Å²) in [6.45, 7) is 6.35. The molecule has 0 saturated carbocycles. The zero-order chi connectivity index (χ0) is 22.4. The average molecular weight is 438 g/mol. The van der Waals surface area contributed by atoms with E-state index >= 15 is 0 Å². The molecule has 0 aliphatic carbocycles. The van der Waals surface area contributed by atoms with E-state index in [9.17, 15) is 9.59 Å². The van der Waals surface area contributed by atoms with Crippen molar-refractivity contribution in [2.75, 3.05) is 0 Å². The molecule has 8 heteroatoms. The van der Waals surface area contributed by atoms with Gasteiger partial charge in [-0.15, -0.1) is 0 Å². The minimum atomic E-state index is -0.194. The third-order valence-corrected chi connectivity index (χ3v) is 5.32. The minimum Gasteiger partial charge on any atom is -0.350 e. The van der Waals surface area contributed by atoms with Crippen LogP contribution in [0.3, 0.4) is 0 Å². The van der Waals surface area contributed by atoms with Gasteiger partial charge in [0.25, 0.3) is 5.91 Å². The second-order valence-electron chi connectivity index (χ2n) is 7.57. The molecule has 0 spiro atoms. The molecule has 0 radical (unpaired) electrons. The quantitative estimate of drug-likeness (QED) is 0.468. The molecular weight excluding hydrogens is 410 g/mol. The van der Waals surface area contributed by atoms with E-state index < -0.39 is 0 Å². The maximum absolute atomic E-state index is 12.6. The summed E-state index contributed by atoms with van der Waals surface area (Å²) in [4.78, 5) is 24.9. The Morgan fingerprint density at radius 3 is 2.71 bits per heavy atom. The van der Waals surface area contributed by atoms with Crippen LogP contribution in [0, 0.1) is 11.7 Å². The Morgan fingerprint density at radius 2 is 1.97 bits per heavy atom. The Hall–Kier alpha value is -3.26. The fourth-order valence-corrected chi connectivity index (χ4v) is 3.30. The molecule has 162 valence electrons. The molecule has 2 amide bonds.